The normalized spacial score (nSPS) is 13.0. The number of aliphatic imine (C=N–C) groups is 1. The Balaban J connectivity index is 0.00000576. The molecule has 1 aromatic carbocycles. The van der Waals surface area contributed by atoms with Crippen LogP contribution in [0.3, 0.4) is 0 Å². The number of hydrogen-bond acceptors (Lipinski definition) is 3. The van der Waals surface area contributed by atoms with Crippen molar-refractivity contribution in [3.05, 3.63) is 29.8 Å². The van der Waals surface area contributed by atoms with Crippen molar-refractivity contribution in [3.8, 4) is 5.75 Å². The quantitative estimate of drug-likeness (QED) is 0.308. The molecule has 0 radical (unpaired) electrons. The van der Waals surface area contributed by atoms with Gasteiger partial charge in [0.1, 0.15) is 5.75 Å². The van der Waals surface area contributed by atoms with E-state index in [0.717, 1.165) is 5.56 Å². The van der Waals surface area contributed by atoms with Crippen molar-refractivity contribution in [2.75, 3.05) is 26.3 Å². The fraction of sp³-hybridized carbons (Fsp3) is 0.562. The highest BCUT2D eigenvalue weighted by molar-refractivity contribution is 14.0. The Hall–Kier alpha value is -1.23. The largest absolute Gasteiger partial charge is 0.484 e. The van der Waals surface area contributed by atoms with E-state index in [9.17, 15) is 13.2 Å². The number of alkyl halides is 3. The summed E-state index contributed by atoms with van der Waals surface area (Å²) in [6.07, 6.45) is -4.35. The summed E-state index contributed by atoms with van der Waals surface area (Å²) < 4.78 is 40.9. The Labute approximate surface area is 163 Å². The lowest BCUT2D eigenvalue weighted by Crippen LogP contribution is -2.39. The predicted molar refractivity (Wildman–Crippen MR) is 102 cm³/mol. The van der Waals surface area contributed by atoms with Crippen LogP contribution < -0.4 is 15.4 Å². The highest BCUT2D eigenvalue weighted by Crippen LogP contribution is 2.19. The molecule has 0 spiro atoms. The zero-order valence-electron chi connectivity index (χ0n) is 14.3. The highest BCUT2D eigenvalue weighted by atomic mass is 127. The first-order valence-electron chi connectivity index (χ1n) is 7.75. The summed E-state index contributed by atoms with van der Waals surface area (Å²) in [6.45, 7) is 4.31. The van der Waals surface area contributed by atoms with Crippen molar-refractivity contribution >= 4 is 29.9 Å². The van der Waals surface area contributed by atoms with Crippen LogP contribution in [-0.4, -0.2) is 43.5 Å². The Morgan fingerprint density at radius 1 is 1.24 bits per heavy atom. The number of aliphatic hydroxyl groups excluding tert-OH is 1. The molecule has 0 saturated carbocycles. The fourth-order valence-electron chi connectivity index (χ4n) is 1.70. The fourth-order valence-corrected chi connectivity index (χ4v) is 1.70. The van der Waals surface area contributed by atoms with Gasteiger partial charge in [0, 0.05) is 19.7 Å². The van der Waals surface area contributed by atoms with Crippen LogP contribution in [0.4, 0.5) is 13.2 Å². The topological polar surface area (TPSA) is 65.9 Å². The Morgan fingerprint density at radius 2 is 1.88 bits per heavy atom. The van der Waals surface area contributed by atoms with E-state index in [1.54, 1.807) is 12.1 Å². The van der Waals surface area contributed by atoms with Crippen LogP contribution in [0, 0.1) is 5.92 Å². The van der Waals surface area contributed by atoms with E-state index in [0.29, 0.717) is 25.6 Å². The summed E-state index contributed by atoms with van der Waals surface area (Å²) >= 11 is 0. The summed E-state index contributed by atoms with van der Waals surface area (Å²) in [4.78, 5) is 4.40. The molecular formula is C16H25F3IN3O2. The van der Waals surface area contributed by atoms with Crippen LogP contribution in [0.2, 0.25) is 0 Å². The number of halogens is 4. The lowest BCUT2D eigenvalue weighted by Gasteiger charge is -2.14. The Bertz CT molecular complexity index is 510. The van der Waals surface area contributed by atoms with Crippen LogP contribution in [0.5, 0.6) is 5.75 Å². The third-order valence-corrected chi connectivity index (χ3v) is 3.02. The summed E-state index contributed by atoms with van der Waals surface area (Å²) in [7, 11) is 0. The summed E-state index contributed by atoms with van der Waals surface area (Å²) in [5, 5.41) is 15.2. The average Bonchev–Trinajstić information content (AvgIpc) is 2.55. The SMILES string of the molecule is CCNC(=NCc1ccc(OCC(F)(F)F)cc1)NCC(C)CO.I. The number of rotatable bonds is 8. The number of guanidine groups is 1. The monoisotopic (exact) mass is 475 g/mol. The number of hydrogen-bond donors (Lipinski definition) is 3. The molecule has 1 unspecified atom stereocenters. The van der Waals surface area contributed by atoms with E-state index < -0.39 is 12.8 Å². The number of ether oxygens (including phenoxy) is 1. The maximum atomic E-state index is 12.1. The standard InChI is InChI=1S/C16H24F3N3O2.HI/c1-3-20-15(21-8-12(2)10-23)22-9-13-4-6-14(7-5-13)24-11-16(17,18)19;/h4-7,12,23H,3,8-11H2,1-2H3,(H2,20,21,22);1H. The van der Waals surface area contributed by atoms with E-state index >= 15 is 0 Å². The molecule has 0 heterocycles. The summed E-state index contributed by atoms with van der Waals surface area (Å²) in [5.74, 6) is 0.899. The number of nitrogens with zero attached hydrogens (tertiary/aromatic N) is 1. The second-order valence-corrected chi connectivity index (χ2v) is 5.41. The van der Waals surface area contributed by atoms with Crippen LogP contribution in [-0.2, 0) is 6.54 Å². The van der Waals surface area contributed by atoms with Gasteiger partial charge in [-0.3, -0.25) is 0 Å². The third-order valence-electron chi connectivity index (χ3n) is 3.02. The molecule has 0 aliphatic rings. The van der Waals surface area contributed by atoms with Gasteiger partial charge in [-0.2, -0.15) is 13.2 Å². The molecule has 0 fully saturated rings. The minimum absolute atomic E-state index is 0. The Kier molecular flexibility index (Phi) is 11.6. The zero-order valence-corrected chi connectivity index (χ0v) is 16.6. The van der Waals surface area contributed by atoms with E-state index in [1.165, 1.54) is 12.1 Å². The van der Waals surface area contributed by atoms with Crippen LogP contribution in [0.25, 0.3) is 0 Å². The molecular weight excluding hydrogens is 450 g/mol. The van der Waals surface area contributed by atoms with Gasteiger partial charge in [-0.15, -0.1) is 24.0 Å². The molecule has 25 heavy (non-hydrogen) atoms. The van der Waals surface area contributed by atoms with Crippen LogP contribution in [0.15, 0.2) is 29.3 Å². The third kappa shape index (κ3) is 11.1. The summed E-state index contributed by atoms with van der Waals surface area (Å²) in [5.41, 5.74) is 0.849. The number of aliphatic hydroxyl groups is 1. The molecule has 0 amide bonds. The molecule has 0 aromatic heterocycles. The molecule has 1 aromatic rings. The number of benzene rings is 1. The van der Waals surface area contributed by atoms with Gasteiger partial charge in [-0.05, 0) is 30.5 Å². The first-order chi connectivity index (χ1) is 11.3. The van der Waals surface area contributed by atoms with Gasteiger partial charge in [-0.1, -0.05) is 19.1 Å². The molecule has 1 atom stereocenters. The van der Waals surface area contributed by atoms with Crippen LogP contribution >= 0.6 is 24.0 Å². The maximum absolute atomic E-state index is 12.1. The minimum atomic E-state index is -4.35. The molecule has 3 N–H and O–H groups in total. The van der Waals surface area contributed by atoms with Crippen molar-refractivity contribution in [1.82, 2.24) is 10.6 Å². The second-order valence-electron chi connectivity index (χ2n) is 5.41. The van der Waals surface area contributed by atoms with Crippen molar-refractivity contribution in [3.63, 3.8) is 0 Å². The van der Waals surface area contributed by atoms with Gasteiger partial charge in [0.05, 0.1) is 6.54 Å². The van der Waals surface area contributed by atoms with E-state index in [4.69, 9.17) is 5.11 Å². The molecule has 1 rings (SSSR count). The highest BCUT2D eigenvalue weighted by Gasteiger charge is 2.28. The molecule has 0 aliphatic carbocycles. The maximum Gasteiger partial charge on any atom is 0.422 e. The predicted octanol–water partition coefficient (Wildman–Crippen LogP) is 2.93. The minimum Gasteiger partial charge on any atom is -0.484 e. The van der Waals surface area contributed by atoms with E-state index in [2.05, 4.69) is 20.4 Å². The van der Waals surface area contributed by atoms with Gasteiger partial charge in [0.25, 0.3) is 0 Å². The number of nitrogens with one attached hydrogen (secondary N) is 2. The van der Waals surface area contributed by atoms with Gasteiger partial charge in [0.15, 0.2) is 12.6 Å². The van der Waals surface area contributed by atoms with E-state index in [-0.39, 0.29) is 42.3 Å². The molecule has 9 heteroatoms. The van der Waals surface area contributed by atoms with Gasteiger partial charge < -0.3 is 20.5 Å². The van der Waals surface area contributed by atoms with Crippen molar-refractivity contribution in [2.24, 2.45) is 10.9 Å². The molecule has 0 bridgehead atoms. The van der Waals surface area contributed by atoms with E-state index in [1.807, 2.05) is 13.8 Å². The van der Waals surface area contributed by atoms with Gasteiger partial charge >= 0.3 is 6.18 Å². The molecule has 5 nitrogen and oxygen atoms in total. The van der Waals surface area contributed by atoms with Crippen molar-refractivity contribution in [2.45, 2.75) is 26.6 Å². The smallest absolute Gasteiger partial charge is 0.422 e. The second kappa shape index (κ2) is 12.2. The first-order valence-corrected chi connectivity index (χ1v) is 7.75. The van der Waals surface area contributed by atoms with Crippen molar-refractivity contribution in [1.29, 1.82) is 0 Å². The zero-order chi connectivity index (χ0) is 18.0. The van der Waals surface area contributed by atoms with Crippen LogP contribution in [0.1, 0.15) is 19.4 Å². The molecule has 0 saturated heterocycles. The molecule has 144 valence electrons. The van der Waals surface area contributed by atoms with Gasteiger partial charge in [0.2, 0.25) is 0 Å². The average molecular weight is 475 g/mol. The van der Waals surface area contributed by atoms with Gasteiger partial charge in [-0.25, -0.2) is 4.99 Å². The Morgan fingerprint density at radius 3 is 2.40 bits per heavy atom. The molecule has 0 aliphatic heterocycles. The lowest BCUT2D eigenvalue weighted by molar-refractivity contribution is -0.153. The summed E-state index contributed by atoms with van der Waals surface area (Å²) in [6, 6.07) is 6.33. The van der Waals surface area contributed by atoms with Crippen molar-refractivity contribution < 1.29 is 23.0 Å². The lowest BCUT2D eigenvalue weighted by atomic mass is 10.2. The first kappa shape index (κ1) is 23.8.